The molecular formula is C14H13BrO4S2. The maximum absolute atomic E-state index is 12.8. The zero-order valence-corrected chi connectivity index (χ0v) is 14.0. The standard InChI is InChI=1S/C14H13BrO4S2/c15-11-7-4-8-12-14(11)13(9-20(12,16)17)21(18,19)10-5-2-1-3-6-10/h1-8,13,16-17H,9H2. The van der Waals surface area contributed by atoms with Crippen molar-refractivity contribution in [2.75, 3.05) is 5.75 Å². The van der Waals surface area contributed by atoms with Crippen LogP contribution < -0.4 is 0 Å². The molecule has 1 aliphatic rings. The molecule has 4 nitrogen and oxygen atoms in total. The van der Waals surface area contributed by atoms with E-state index in [0.29, 0.717) is 14.9 Å². The molecule has 112 valence electrons. The van der Waals surface area contributed by atoms with Crippen molar-refractivity contribution in [1.82, 2.24) is 0 Å². The van der Waals surface area contributed by atoms with Crippen LogP contribution in [0.5, 0.6) is 0 Å². The highest BCUT2D eigenvalue weighted by Gasteiger charge is 2.44. The highest BCUT2D eigenvalue weighted by molar-refractivity contribution is 9.10. The van der Waals surface area contributed by atoms with Gasteiger partial charge in [0.25, 0.3) is 0 Å². The minimum atomic E-state index is -3.67. The lowest BCUT2D eigenvalue weighted by molar-refractivity contribution is 0.491. The van der Waals surface area contributed by atoms with E-state index in [9.17, 15) is 17.5 Å². The highest BCUT2D eigenvalue weighted by atomic mass is 79.9. The summed E-state index contributed by atoms with van der Waals surface area (Å²) in [5.74, 6) is -0.192. The van der Waals surface area contributed by atoms with E-state index in [-0.39, 0.29) is 10.6 Å². The molecule has 1 unspecified atom stereocenters. The van der Waals surface area contributed by atoms with Crippen molar-refractivity contribution in [3.8, 4) is 0 Å². The molecule has 7 heteroatoms. The molecule has 1 atom stereocenters. The number of sulfone groups is 1. The lowest BCUT2D eigenvalue weighted by Gasteiger charge is -2.27. The van der Waals surface area contributed by atoms with Crippen molar-refractivity contribution in [2.24, 2.45) is 0 Å². The summed E-state index contributed by atoms with van der Waals surface area (Å²) in [6.45, 7) is 0. The van der Waals surface area contributed by atoms with Crippen molar-refractivity contribution in [1.29, 1.82) is 0 Å². The van der Waals surface area contributed by atoms with Crippen LogP contribution in [0.15, 0.2) is 62.8 Å². The Hall–Kier alpha value is -0.860. The minimum absolute atomic E-state index is 0.189. The molecule has 0 fully saturated rings. The van der Waals surface area contributed by atoms with Gasteiger partial charge in [0.05, 0.1) is 15.5 Å². The fraction of sp³-hybridized carbons (Fsp3) is 0.143. The number of halogens is 1. The Morgan fingerprint density at radius 2 is 1.71 bits per heavy atom. The molecule has 0 aliphatic carbocycles. The molecule has 0 bridgehead atoms. The van der Waals surface area contributed by atoms with Gasteiger partial charge in [-0.3, -0.25) is 9.11 Å². The molecule has 0 spiro atoms. The third kappa shape index (κ3) is 2.43. The average molecular weight is 389 g/mol. The smallest absolute Gasteiger partial charge is 0.187 e. The Kier molecular flexibility index (Phi) is 3.66. The van der Waals surface area contributed by atoms with Gasteiger partial charge in [-0.05, 0) is 24.3 Å². The molecule has 0 saturated carbocycles. The van der Waals surface area contributed by atoms with Crippen LogP contribution in [-0.4, -0.2) is 23.3 Å². The van der Waals surface area contributed by atoms with Crippen molar-refractivity contribution in [3.63, 3.8) is 0 Å². The van der Waals surface area contributed by atoms with Gasteiger partial charge in [0.2, 0.25) is 0 Å². The Morgan fingerprint density at radius 3 is 2.38 bits per heavy atom. The summed E-state index contributed by atoms with van der Waals surface area (Å²) in [5, 5.41) is -0.949. The zero-order chi connectivity index (χ0) is 15.3. The molecule has 3 rings (SSSR count). The number of hydrogen-bond acceptors (Lipinski definition) is 4. The summed E-state index contributed by atoms with van der Waals surface area (Å²) in [6, 6.07) is 13.1. The normalized spacial score (nSPS) is 21.8. The third-order valence-electron chi connectivity index (χ3n) is 3.52. The second kappa shape index (κ2) is 5.10. The molecule has 1 heterocycles. The topological polar surface area (TPSA) is 74.6 Å². The first-order chi connectivity index (χ1) is 9.84. The average Bonchev–Trinajstić information content (AvgIpc) is 2.74. The van der Waals surface area contributed by atoms with Crippen LogP contribution in [0, 0.1) is 0 Å². The van der Waals surface area contributed by atoms with E-state index in [2.05, 4.69) is 15.9 Å². The van der Waals surface area contributed by atoms with Crippen molar-refractivity contribution in [3.05, 3.63) is 58.6 Å². The van der Waals surface area contributed by atoms with E-state index in [1.807, 2.05) is 0 Å². The molecular weight excluding hydrogens is 376 g/mol. The zero-order valence-electron chi connectivity index (χ0n) is 10.8. The first-order valence-corrected chi connectivity index (χ1v) is 10.2. The van der Waals surface area contributed by atoms with Crippen LogP contribution in [0.25, 0.3) is 0 Å². The molecule has 0 saturated heterocycles. The highest BCUT2D eigenvalue weighted by Crippen LogP contribution is 2.62. The maximum atomic E-state index is 12.8. The maximum Gasteiger partial charge on any atom is 0.187 e. The largest absolute Gasteiger partial charge is 0.295 e. The van der Waals surface area contributed by atoms with Crippen molar-refractivity contribution >= 4 is 36.4 Å². The summed E-state index contributed by atoms with van der Waals surface area (Å²) < 4.78 is 46.6. The monoisotopic (exact) mass is 388 g/mol. The van der Waals surface area contributed by atoms with Gasteiger partial charge in [0.15, 0.2) is 9.84 Å². The van der Waals surface area contributed by atoms with E-state index in [1.165, 1.54) is 12.1 Å². The van der Waals surface area contributed by atoms with E-state index < -0.39 is 25.7 Å². The summed E-state index contributed by atoms with van der Waals surface area (Å²) >= 11 is 3.33. The predicted molar refractivity (Wildman–Crippen MR) is 86.5 cm³/mol. The SMILES string of the molecule is O=S(=O)(c1ccccc1)C1CS(O)(O)c2cccc(Br)c21. The van der Waals surface area contributed by atoms with Crippen LogP contribution in [0.2, 0.25) is 0 Å². The van der Waals surface area contributed by atoms with Gasteiger partial charge >= 0.3 is 0 Å². The third-order valence-corrected chi connectivity index (χ3v) is 8.36. The predicted octanol–water partition coefficient (Wildman–Crippen LogP) is 4.09. The van der Waals surface area contributed by atoms with Gasteiger partial charge in [-0.15, -0.1) is 0 Å². The molecule has 2 N–H and O–H groups in total. The molecule has 21 heavy (non-hydrogen) atoms. The fourth-order valence-electron chi connectivity index (χ4n) is 2.52. The first kappa shape index (κ1) is 15.1. The first-order valence-electron chi connectivity index (χ1n) is 6.17. The number of rotatable bonds is 2. The van der Waals surface area contributed by atoms with Crippen LogP contribution >= 0.6 is 26.5 Å². The lowest BCUT2D eigenvalue weighted by atomic mass is 10.2. The quantitative estimate of drug-likeness (QED) is 0.812. The number of hydrogen-bond donors (Lipinski definition) is 2. The van der Waals surface area contributed by atoms with Gasteiger partial charge in [0, 0.05) is 10.0 Å². The number of benzene rings is 2. The van der Waals surface area contributed by atoms with Crippen LogP contribution in [-0.2, 0) is 9.84 Å². The minimum Gasteiger partial charge on any atom is -0.295 e. The van der Waals surface area contributed by atoms with Crippen molar-refractivity contribution in [2.45, 2.75) is 15.0 Å². The Balaban J connectivity index is 2.19. The van der Waals surface area contributed by atoms with E-state index in [4.69, 9.17) is 0 Å². The molecule has 0 amide bonds. The Labute approximate surface area is 133 Å². The van der Waals surface area contributed by atoms with Crippen molar-refractivity contribution < 1.29 is 17.5 Å². The molecule has 0 radical (unpaired) electrons. The Bertz CT molecular complexity index is 788. The molecule has 0 aromatic heterocycles. The summed E-state index contributed by atoms with van der Waals surface area (Å²) in [5.41, 5.74) is 0.460. The summed E-state index contributed by atoms with van der Waals surface area (Å²) in [6.07, 6.45) is 0. The summed E-state index contributed by atoms with van der Waals surface area (Å²) in [4.78, 5) is 0.509. The summed E-state index contributed by atoms with van der Waals surface area (Å²) in [7, 11) is -6.75. The van der Waals surface area contributed by atoms with Crippen LogP contribution in [0.1, 0.15) is 10.8 Å². The second-order valence-corrected chi connectivity index (χ2v) is 9.92. The van der Waals surface area contributed by atoms with E-state index >= 15 is 0 Å². The molecule has 2 aromatic rings. The molecule has 2 aromatic carbocycles. The van der Waals surface area contributed by atoms with Gasteiger partial charge in [-0.1, -0.05) is 40.2 Å². The van der Waals surface area contributed by atoms with Gasteiger partial charge < -0.3 is 0 Å². The second-order valence-electron chi connectivity index (χ2n) is 4.83. The van der Waals surface area contributed by atoms with E-state index in [0.717, 1.165) is 0 Å². The van der Waals surface area contributed by atoms with Gasteiger partial charge in [-0.2, -0.15) is 10.6 Å². The molecule has 1 aliphatic heterocycles. The Morgan fingerprint density at radius 1 is 1.05 bits per heavy atom. The van der Waals surface area contributed by atoms with E-state index in [1.54, 1.807) is 36.4 Å². The lowest BCUT2D eigenvalue weighted by Crippen LogP contribution is -2.15. The van der Waals surface area contributed by atoms with Crippen LogP contribution in [0.3, 0.4) is 0 Å². The fourth-order valence-corrected chi connectivity index (χ4v) is 7.90. The van der Waals surface area contributed by atoms with Crippen LogP contribution in [0.4, 0.5) is 0 Å². The number of fused-ring (bicyclic) bond motifs is 1. The van der Waals surface area contributed by atoms with Gasteiger partial charge in [0.1, 0.15) is 5.25 Å². The van der Waals surface area contributed by atoms with Gasteiger partial charge in [-0.25, -0.2) is 8.42 Å².